The molecule has 24 heavy (non-hydrogen) atoms. The molecule has 2 rings (SSSR count). The van der Waals surface area contributed by atoms with Crippen molar-refractivity contribution in [2.75, 3.05) is 7.11 Å². The number of aromatic nitrogens is 1. The van der Waals surface area contributed by atoms with E-state index < -0.39 is 23.3 Å². The topological polar surface area (TPSA) is 60.7 Å². The molecule has 0 fully saturated rings. The van der Waals surface area contributed by atoms with Crippen molar-refractivity contribution in [3.8, 4) is 0 Å². The second kappa shape index (κ2) is 7.00. The molecule has 0 amide bonds. The zero-order valence-electron chi connectivity index (χ0n) is 12.8. The lowest BCUT2D eigenvalue weighted by Gasteiger charge is -2.07. The molecule has 5 nitrogen and oxygen atoms in total. The maximum absolute atomic E-state index is 12.8. The lowest BCUT2D eigenvalue weighted by molar-refractivity contribution is -0.137. The summed E-state index contributed by atoms with van der Waals surface area (Å²) in [5, 5.41) is 0. The fraction of sp³-hybridized carbons (Fsp3) is 0.267. The van der Waals surface area contributed by atoms with E-state index in [0.717, 1.165) is 29.5 Å². The van der Waals surface area contributed by atoms with Crippen molar-refractivity contribution in [1.29, 1.82) is 0 Å². The van der Waals surface area contributed by atoms with E-state index in [1.807, 2.05) is 0 Å². The number of hydrogen-bond donors (Lipinski definition) is 0. The lowest BCUT2D eigenvalue weighted by atomic mass is 10.2. The van der Waals surface area contributed by atoms with Crippen LogP contribution in [-0.2, 0) is 17.5 Å². The van der Waals surface area contributed by atoms with E-state index >= 15 is 0 Å². The summed E-state index contributed by atoms with van der Waals surface area (Å²) in [5.41, 5.74) is -1.30. The minimum atomic E-state index is -4.49. The zero-order chi connectivity index (χ0) is 17.9. The van der Waals surface area contributed by atoms with Crippen molar-refractivity contribution in [1.82, 2.24) is 4.57 Å². The Bertz CT molecular complexity index is 885. The molecule has 128 valence electrons. The summed E-state index contributed by atoms with van der Waals surface area (Å²) >= 11 is 0.869. The molecule has 0 aliphatic rings. The monoisotopic (exact) mass is 358 g/mol. The van der Waals surface area contributed by atoms with Crippen molar-refractivity contribution >= 4 is 23.0 Å². The fourth-order valence-corrected chi connectivity index (χ4v) is 2.91. The van der Waals surface area contributed by atoms with Gasteiger partial charge in [0.1, 0.15) is 4.88 Å². The van der Waals surface area contributed by atoms with Gasteiger partial charge in [0, 0.05) is 12.6 Å². The molecule has 0 unspecified atom stereocenters. The van der Waals surface area contributed by atoms with E-state index in [-0.39, 0.29) is 21.9 Å². The summed E-state index contributed by atoms with van der Waals surface area (Å²) in [6.45, 7) is 1.95. The summed E-state index contributed by atoms with van der Waals surface area (Å²) in [6, 6.07) is 5.54. The fourth-order valence-electron chi connectivity index (χ4n) is 1.90. The van der Waals surface area contributed by atoms with E-state index in [9.17, 15) is 22.8 Å². The standard InChI is InChI=1S/C15H13F3N2O3S/c1-3-20-12(21)8-11(13(22)23-2)24-14(20)19-10-6-4-5-9(7-10)15(16,17)18/h4-8H,3H2,1-2H3. The number of rotatable bonds is 3. The van der Waals surface area contributed by atoms with E-state index in [1.165, 1.54) is 23.8 Å². The molecule has 1 aromatic carbocycles. The second-order valence-electron chi connectivity index (χ2n) is 4.63. The predicted octanol–water partition coefficient (Wildman–Crippen LogP) is 2.97. The quantitative estimate of drug-likeness (QED) is 0.793. The smallest absolute Gasteiger partial charge is 0.416 e. The van der Waals surface area contributed by atoms with Crippen LogP contribution in [0.2, 0.25) is 0 Å². The number of methoxy groups -OCH3 is 1. The molecular weight excluding hydrogens is 345 g/mol. The van der Waals surface area contributed by atoms with Crippen molar-refractivity contribution in [3.63, 3.8) is 0 Å². The number of alkyl halides is 3. The third kappa shape index (κ3) is 3.91. The first-order valence-electron chi connectivity index (χ1n) is 6.81. The van der Waals surface area contributed by atoms with Crippen LogP contribution in [0.5, 0.6) is 0 Å². The molecule has 2 aromatic rings. The number of esters is 1. The van der Waals surface area contributed by atoms with Gasteiger partial charge in [-0.15, -0.1) is 0 Å². The van der Waals surface area contributed by atoms with Gasteiger partial charge in [-0.2, -0.15) is 13.2 Å². The predicted molar refractivity (Wildman–Crippen MR) is 82.3 cm³/mol. The highest BCUT2D eigenvalue weighted by Crippen LogP contribution is 2.31. The van der Waals surface area contributed by atoms with E-state index in [4.69, 9.17) is 0 Å². The van der Waals surface area contributed by atoms with Crippen LogP contribution in [-0.4, -0.2) is 17.6 Å². The Labute approximate surface area is 138 Å². The van der Waals surface area contributed by atoms with Crippen molar-refractivity contribution in [3.05, 3.63) is 55.9 Å². The van der Waals surface area contributed by atoms with Crippen LogP contribution in [0, 0.1) is 0 Å². The second-order valence-corrected chi connectivity index (χ2v) is 5.64. The molecule has 0 spiro atoms. The third-order valence-electron chi connectivity index (χ3n) is 3.05. The summed E-state index contributed by atoms with van der Waals surface area (Å²) < 4.78 is 44.2. The number of carbonyl (C=O) groups excluding carboxylic acids is 1. The van der Waals surface area contributed by atoms with Crippen LogP contribution in [0.1, 0.15) is 22.2 Å². The SMILES string of the molecule is CCn1c(=O)cc(C(=O)OC)sc1=Nc1cccc(C(F)(F)F)c1. The Morgan fingerprint density at radius 1 is 1.33 bits per heavy atom. The Hall–Kier alpha value is -2.42. The molecule has 0 aliphatic heterocycles. The molecular formula is C15H13F3N2O3S. The van der Waals surface area contributed by atoms with Gasteiger partial charge >= 0.3 is 12.1 Å². The average Bonchev–Trinajstić information content (AvgIpc) is 2.53. The minimum Gasteiger partial charge on any atom is -0.465 e. The van der Waals surface area contributed by atoms with Gasteiger partial charge in [0.15, 0.2) is 4.80 Å². The third-order valence-corrected chi connectivity index (χ3v) is 4.05. The maximum Gasteiger partial charge on any atom is 0.416 e. The highest BCUT2D eigenvalue weighted by molar-refractivity contribution is 7.11. The van der Waals surface area contributed by atoms with Gasteiger partial charge in [0.2, 0.25) is 0 Å². The Balaban J connectivity index is 2.66. The lowest BCUT2D eigenvalue weighted by Crippen LogP contribution is -2.31. The van der Waals surface area contributed by atoms with Gasteiger partial charge in [-0.3, -0.25) is 9.36 Å². The van der Waals surface area contributed by atoms with Gasteiger partial charge < -0.3 is 4.74 Å². The van der Waals surface area contributed by atoms with Gasteiger partial charge in [-0.25, -0.2) is 9.79 Å². The molecule has 0 aliphatic carbocycles. The van der Waals surface area contributed by atoms with Crippen LogP contribution in [0.3, 0.4) is 0 Å². The number of ether oxygens (including phenoxy) is 1. The van der Waals surface area contributed by atoms with E-state index in [2.05, 4.69) is 9.73 Å². The highest BCUT2D eigenvalue weighted by atomic mass is 32.1. The van der Waals surface area contributed by atoms with Crippen LogP contribution in [0.15, 0.2) is 40.1 Å². The number of hydrogen-bond acceptors (Lipinski definition) is 5. The van der Waals surface area contributed by atoms with Gasteiger partial charge in [-0.1, -0.05) is 17.4 Å². The van der Waals surface area contributed by atoms with E-state index in [0.29, 0.717) is 0 Å². The van der Waals surface area contributed by atoms with Crippen LogP contribution in [0.4, 0.5) is 18.9 Å². The van der Waals surface area contributed by atoms with Crippen LogP contribution in [0.25, 0.3) is 0 Å². The zero-order valence-corrected chi connectivity index (χ0v) is 13.6. The Kier molecular flexibility index (Phi) is 5.23. The van der Waals surface area contributed by atoms with Crippen LogP contribution >= 0.6 is 11.3 Å². The highest BCUT2D eigenvalue weighted by Gasteiger charge is 2.30. The molecule has 1 heterocycles. The van der Waals surface area contributed by atoms with Gasteiger partial charge in [-0.05, 0) is 25.1 Å². The summed E-state index contributed by atoms with van der Waals surface area (Å²) in [4.78, 5) is 27.9. The van der Waals surface area contributed by atoms with Crippen LogP contribution < -0.4 is 10.4 Å². The van der Waals surface area contributed by atoms with Gasteiger partial charge in [0.25, 0.3) is 5.56 Å². The van der Waals surface area contributed by atoms with Crippen molar-refractivity contribution in [2.45, 2.75) is 19.6 Å². The van der Waals surface area contributed by atoms with Crippen molar-refractivity contribution in [2.24, 2.45) is 4.99 Å². The van der Waals surface area contributed by atoms with E-state index in [1.54, 1.807) is 6.92 Å². The Morgan fingerprint density at radius 2 is 2.04 bits per heavy atom. The first-order chi connectivity index (χ1) is 11.3. The van der Waals surface area contributed by atoms with Crippen molar-refractivity contribution < 1.29 is 22.7 Å². The maximum atomic E-state index is 12.8. The molecule has 0 bridgehead atoms. The summed E-state index contributed by atoms with van der Waals surface area (Å²) in [5.74, 6) is -0.708. The largest absolute Gasteiger partial charge is 0.465 e. The first kappa shape index (κ1) is 17.9. The number of halogens is 3. The molecule has 0 radical (unpaired) electrons. The number of nitrogens with zero attached hydrogens (tertiary/aromatic N) is 2. The molecule has 1 aromatic heterocycles. The summed E-state index contributed by atoms with van der Waals surface area (Å²) in [7, 11) is 1.17. The minimum absolute atomic E-state index is 0.0259. The molecule has 9 heteroatoms. The number of benzene rings is 1. The molecule has 0 saturated heterocycles. The first-order valence-corrected chi connectivity index (χ1v) is 7.63. The molecule has 0 N–H and O–H groups in total. The summed E-state index contributed by atoms with van der Waals surface area (Å²) in [6.07, 6.45) is -4.49. The normalized spacial score (nSPS) is 12.3. The molecule has 0 atom stereocenters. The average molecular weight is 358 g/mol. The molecule has 0 saturated carbocycles. The number of carbonyl (C=O) groups is 1. The Morgan fingerprint density at radius 3 is 2.62 bits per heavy atom. The van der Waals surface area contributed by atoms with Gasteiger partial charge in [0.05, 0.1) is 18.4 Å².